The normalized spacial score (nSPS) is 9.65. The average Bonchev–Trinajstić information content (AvgIpc) is 2.34. The number of aryl methyl sites for hydroxylation is 1. The van der Waals surface area contributed by atoms with Crippen LogP contribution in [0, 0.1) is 18.3 Å². The highest BCUT2D eigenvalue weighted by atomic mass is 16.5. The largest absolute Gasteiger partial charge is 0.437 e. The molecule has 0 radical (unpaired) electrons. The number of rotatable bonds is 2. The lowest BCUT2D eigenvalue weighted by Crippen LogP contribution is -1.95. The first-order chi connectivity index (χ1) is 8.20. The molecule has 1 heterocycles. The predicted octanol–water partition coefficient (Wildman–Crippen LogP) is 2.64. The maximum absolute atomic E-state index is 8.96. The van der Waals surface area contributed by atoms with Crippen molar-refractivity contribution >= 4 is 5.69 Å². The third-order valence-corrected chi connectivity index (χ3v) is 2.29. The Morgan fingerprint density at radius 2 is 2.12 bits per heavy atom. The van der Waals surface area contributed by atoms with E-state index < -0.39 is 0 Å². The lowest BCUT2D eigenvalue weighted by molar-refractivity contribution is 0.458. The van der Waals surface area contributed by atoms with E-state index >= 15 is 0 Å². The van der Waals surface area contributed by atoms with Crippen LogP contribution in [-0.2, 0) is 0 Å². The molecule has 17 heavy (non-hydrogen) atoms. The second kappa shape index (κ2) is 4.54. The SMILES string of the molecule is Cc1ccccc1Oc1ncc(N)cc1C#N. The fourth-order valence-corrected chi connectivity index (χ4v) is 1.40. The lowest BCUT2D eigenvalue weighted by atomic mass is 10.2. The van der Waals surface area contributed by atoms with E-state index in [-0.39, 0.29) is 5.88 Å². The number of nitrogens with two attached hydrogens (primary N) is 1. The van der Waals surface area contributed by atoms with Crippen molar-refractivity contribution in [3.05, 3.63) is 47.7 Å². The van der Waals surface area contributed by atoms with Crippen molar-refractivity contribution < 1.29 is 4.74 Å². The number of hydrogen-bond acceptors (Lipinski definition) is 4. The summed E-state index contributed by atoms with van der Waals surface area (Å²) >= 11 is 0. The fourth-order valence-electron chi connectivity index (χ4n) is 1.40. The molecule has 4 nitrogen and oxygen atoms in total. The Morgan fingerprint density at radius 1 is 1.35 bits per heavy atom. The summed E-state index contributed by atoms with van der Waals surface area (Å²) in [7, 11) is 0. The van der Waals surface area contributed by atoms with Crippen LogP contribution in [0.15, 0.2) is 36.5 Å². The number of nitriles is 1. The summed E-state index contributed by atoms with van der Waals surface area (Å²) < 4.78 is 5.60. The van der Waals surface area contributed by atoms with Crippen LogP contribution in [-0.4, -0.2) is 4.98 Å². The lowest BCUT2D eigenvalue weighted by Gasteiger charge is -2.08. The third-order valence-electron chi connectivity index (χ3n) is 2.29. The number of pyridine rings is 1. The maximum atomic E-state index is 8.96. The molecule has 0 saturated heterocycles. The second-order valence-electron chi connectivity index (χ2n) is 3.60. The Balaban J connectivity index is 2.37. The molecule has 0 spiro atoms. The van der Waals surface area contributed by atoms with E-state index in [0.717, 1.165) is 5.56 Å². The van der Waals surface area contributed by atoms with Crippen LogP contribution >= 0.6 is 0 Å². The highest BCUT2D eigenvalue weighted by Gasteiger charge is 2.08. The number of nitrogen functional groups attached to an aromatic ring is 1. The summed E-state index contributed by atoms with van der Waals surface area (Å²) in [5, 5.41) is 8.96. The van der Waals surface area contributed by atoms with Gasteiger partial charge in [-0.25, -0.2) is 4.98 Å². The van der Waals surface area contributed by atoms with Gasteiger partial charge in [-0.2, -0.15) is 5.26 Å². The number of benzene rings is 1. The quantitative estimate of drug-likeness (QED) is 0.852. The Bertz CT molecular complexity index is 587. The Kier molecular flexibility index (Phi) is 2.93. The zero-order chi connectivity index (χ0) is 12.3. The van der Waals surface area contributed by atoms with E-state index in [2.05, 4.69) is 4.98 Å². The van der Waals surface area contributed by atoms with Gasteiger partial charge in [-0.15, -0.1) is 0 Å². The summed E-state index contributed by atoms with van der Waals surface area (Å²) in [6.45, 7) is 1.93. The van der Waals surface area contributed by atoms with E-state index in [1.54, 1.807) is 6.07 Å². The predicted molar refractivity (Wildman–Crippen MR) is 64.6 cm³/mol. The van der Waals surface area contributed by atoms with Gasteiger partial charge in [0.05, 0.1) is 11.9 Å². The van der Waals surface area contributed by atoms with Gasteiger partial charge >= 0.3 is 0 Å². The monoisotopic (exact) mass is 225 g/mol. The van der Waals surface area contributed by atoms with Crippen molar-refractivity contribution in [2.75, 3.05) is 5.73 Å². The number of nitrogens with zero attached hydrogens (tertiary/aromatic N) is 2. The average molecular weight is 225 g/mol. The van der Waals surface area contributed by atoms with Gasteiger partial charge in [-0.1, -0.05) is 18.2 Å². The minimum absolute atomic E-state index is 0.274. The minimum Gasteiger partial charge on any atom is -0.437 e. The molecule has 0 aliphatic rings. The zero-order valence-corrected chi connectivity index (χ0v) is 9.34. The molecule has 0 amide bonds. The minimum atomic E-state index is 0.274. The van der Waals surface area contributed by atoms with Gasteiger partial charge in [0.1, 0.15) is 17.4 Å². The number of para-hydroxylation sites is 1. The standard InChI is InChI=1S/C13H11N3O/c1-9-4-2-3-5-12(9)17-13-10(7-14)6-11(15)8-16-13/h2-6,8H,15H2,1H3. The summed E-state index contributed by atoms with van der Waals surface area (Å²) in [5.41, 5.74) is 7.31. The van der Waals surface area contributed by atoms with Gasteiger partial charge in [0.15, 0.2) is 0 Å². The Hall–Kier alpha value is -2.54. The molecule has 0 unspecified atom stereocenters. The maximum Gasteiger partial charge on any atom is 0.237 e. The number of aromatic nitrogens is 1. The highest BCUT2D eigenvalue weighted by molar-refractivity contribution is 5.50. The van der Waals surface area contributed by atoms with Crippen LogP contribution in [0.3, 0.4) is 0 Å². The van der Waals surface area contributed by atoms with Gasteiger partial charge in [0, 0.05) is 0 Å². The van der Waals surface area contributed by atoms with Gasteiger partial charge < -0.3 is 10.5 Å². The van der Waals surface area contributed by atoms with E-state index in [1.807, 2.05) is 37.3 Å². The van der Waals surface area contributed by atoms with Crippen molar-refractivity contribution in [3.63, 3.8) is 0 Å². The van der Waals surface area contributed by atoms with Crippen LogP contribution in [0.1, 0.15) is 11.1 Å². The van der Waals surface area contributed by atoms with Crippen molar-refractivity contribution in [1.82, 2.24) is 4.98 Å². The van der Waals surface area contributed by atoms with Crippen molar-refractivity contribution in [2.24, 2.45) is 0 Å². The zero-order valence-electron chi connectivity index (χ0n) is 9.34. The van der Waals surface area contributed by atoms with Crippen LogP contribution in [0.2, 0.25) is 0 Å². The fraction of sp³-hybridized carbons (Fsp3) is 0.0769. The first kappa shape index (κ1) is 11.0. The highest BCUT2D eigenvalue weighted by Crippen LogP contribution is 2.26. The van der Waals surface area contributed by atoms with Crippen LogP contribution in [0.5, 0.6) is 11.6 Å². The van der Waals surface area contributed by atoms with E-state index in [4.69, 9.17) is 15.7 Å². The molecule has 0 fully saturated rings. The van der Waals surface area contributed by atoms with Gasteiger partial charge in [-0.3, -0.25) is 0 Å². The molecule has 4 heteroatoms. The first-order valence-corrected chi connectivity index (χ1v) is 5.10. The summed E-state index contributed by atoms with van der Waals surface area (Å²) in [6, 6.07) is 11.1. The van der Waals surface area contributed by atoms with Crippen molar-refractivity contribution in [1.29, 1.82) is 5.26 Å². The number of hydrogen-bond donors (Lipinski definition) is 1. The molecule has 2 N–H and O–H groups in total. The molecule has 0 aliphatic carbocycles. The van der Waals surface area contributed by atoms with Crippen LogP contribution in [0.4, 0.5) is 5.69 Å². The molecular weight excluding hydrogens is 214 g/mol. The third kappa shape index (κ3) is 2.34. The van der Waals surface area contributed by atoms with E-state index in [1.165, 1.54) is 6.20 Å². The van der Waals surface area contributed by atoms with Crippen LogP contribution in [0.25, 0.3) is 0 Å². The van der Waals surface area contributed by atoms with Crippen molar-refractivity contribution in [3.8, 4) is 17.7 Å². The molecule has 0 bridgehead atoms. The van der Waals surface area contributed by atoms with Gasteiger partial charge in [0.2, 0.25) is 5.88 Å². The first-order valence-electron chi connectivity index (χ1n) is 5.10. The molecule has 1 aromatic heterocycles. The van der Waals surface area contributed by atoms with Crippen molar-refractivity contribution in [2.45, 2.75) is 6.92 Å². The number of ether oxygens (including phenoxy) is 1. The second-order valence-corrected chi connectivity index (χ2v) is 3.60. The molecule has 0 aliphatic heterocycles. The molecule has 0 saturated carbocycles. The van der Waals surface area contributed by atoms with E-state index in [0.29, 0.717) is 17.0 Å². The summed E-state index contributed by atoms with van der Waals surface area (Å²) in [4.78, 5) is 4.02. The molecule has 2 aromatic rings. The molecule has 2 rings (SSSR count). The molecule has 84 valence electrons. The van der Waals surface area contributed by atoms with Crippen LogP contribution < -0.4 is 10.5 Å². The van der Waals surface area contributed by atoms with Gasteiger partial charge in [-0.05, 0) is 24.6 Å². The summed E-state index contributed by atoms with van der Waals surface area (Å²) in [6.07, 6.45) is 1.47. The van der Waals surface area contributed by atoms with Gasteiger partial charge in [0.25, 0.3) is 0 Å². The molecular formula is C13H11N3O. The molecule has 1 aromatic carbocycles. The number of anilines is 1. The van der Waals surface area contributed by atoms with E-state index in [9.17, 15) is 0 Å². The molecule has 0 atom stereocenters. The Morgan fingerprint density at radius 3 is 2.82 bits per heavy atom. The topological polar surface area (TPSA) is 71.9 Å². The Labute approximate surface area is 99.3 Å². The summed E-state index contributed by atoms with van der Waals surface area (Å²) in [5.74, 6) is 0.956. The smallest absolute Gasteiger partial charge is 0.237 e.